The molecule has 0 aliphatic heterocycles. The van der Waals surface area contributed by atoms with E-state index in [2.05, 4.69) is 14.7 Å². The highest BCUT2D eigenvalue weighted by Gasteiger charge is 2.17. The lowest BCUT2D eigenvalue weighted by molar-refractivity contribution is -0.112. The zero-order valence-electron chi connectivity index (χ0n) is 16.4. The second-order valence-corrected chi connectivity index (χ2v) is 9.82. The number of sulfone groups is 1. The summed E-state index contributed by atoms with van der Waals surface area (Å²) in [5, 5.41) is 12.1. The molecule has 0 unspecified atom stereocenters. The third-order valence-electron chi connectivity index (χ3n) is 3.93. The SMILES string of the molecule is CS(=O)(=O)c1nsc(NC(=O)/C(C#N)=C\c2ccc(OCc3ccccc3Cl)c(Cl)c2)n1. The second-order valence-electron chi connectivity index (χ2n) is 6.35. The fourth-order valence-electron chi connectivity index (χ4n) is 2.39. The van der Waals surface area contributed by atoms with E-state index in [1.165, 1.54) is 6.08 Å². The van der Waals surface area contributed by atoms with Gasteiger partial charge in [0.2, 0.25) is 15.0 Å². The molecule has 3 rings (SSSR count). The molecule has 0 fully saturated rings. The van der Waals surface area contributed by atoms with E-state index in [1.807, 2.05) is 18.2 Å². The summed E-state index contributed by atoms with van der Waals surface area (Å²) in [5.41, 5.74) is 1.05. The van der Waals surface area contributed by atoms with Crippen LogP contribution in [0.2, 0.25) is 10.0 Å². The molecule has 12 heteroatoms. The van der Waals surface area contributed by atoms with Gasteiger partial charge in [-0.1, -0.05) is 47.5 Å². The van der Waals surface area contributed by atoms with Crippen LogP contribution in [0.15, 0.2) is 53.2 Å². The zero-order chi connectivity index (χ0) is 23.3. The summed E-state index contributed by atoms with van der Waals surface area (Å²) in [4.78, 5) is 16.1. The number of nitrogens with one attached hydrogen (secondary N) is 1. The van der Waals surface area contributed by atoms with Gasteiger partial charge in [-0.05, 0) is 29.8 Å². The number of anilines is 1. The Labute approximate surface area is 198 Å². The fraction of sp³-hybridized carbons (Fsp3) is 0.100. The van der Waals surface area contributed by atoms with Gasteiger partial charge in [-0.25, -0.2) is 8.42 Å². The molecule has 0 atom stereocenters. The highest BCUT2D eigenvalue weighted by Crippen LogP contribution is 2.28. The summed E-state index contributed by atoms with van der Waals surface area (Å²) in [7, 11) is -3.60. The number of hydrogen-bond acceptors (Lipinski definition) is 8. The first-order valence-electron chi connectivity index (χ1n) is 8.80. The van der Waals surface area contributed by atoms with Crippen molar-refractivity contribution in [2.75, 3.05) is 11.6 Å². The monoisotopic (exact) mass is 508 g/mol. The predicted octanol–water partition coefficient (Wildman–Crippen LogP) is 4.37. The molecular weight excluding hydrogens is 495 g/mol. The van der Waals surface area contributed by atoms with Gasteiger partial charge in [0, 0.05) is 28.4 Å². The number of carbonyl (C=O) groups is 1. The molecule has 1 aromatic heterocycles. The largest absolute Gasteiger partial charge is 0.487 e. The topological polar surface area (TPSA) is 122 Å². The van der Waals surface area contributed by atoms with Crippen LogP contribution in [-0.2, 0) is 21.2 Å². The number of aromatic nitrogens is 2. The van der Waals surface area contributed by atoms with Gasteiger partial charge in [-0.3, -0.25) is 10.1 Å². The first-order chi connectivity index (χ1) is 15.2. The average molecular weight is 509 g/mol. The lowest BCUT2D eigenvalue weighted by Crippen LogP contribution is -2.13. The third-order valence-corrected chi connectivity index (χ3v) is 6.19. The molecule has 1 heterocycles. The van der Waals surface area contributed by atoms with Gasteiger partial charge in [0.15, 0.2) is 0 Å². The Hall–Kier alpha value is -2.97. The smallest absolute Gasteiger partial charge is 0.268 e. The van der Waals surface area contributed by atoms with E-state index in [9.17, 15) is 18.5 Å². The number of benzene rings is 2. The molecular formula is C20H14Cl2N4O4S2. The van der Waals surface area contributed by atoms with Crippen molar-refractivity contribution in [3.8, 4) is 11.8 Å². The highest BCUT2D eigenvalue weighted by atomic mass is 35.5. The molecule has 164 valence electrons. The Morgan fingerprint density at radius 1 is 1.25 bits per heavy atom. The predicted molar refractivity (Wildman–Crippen MR) is 122 cm³/mol. The number of hydrogen-bond donors (Lipinski definition) is 1. The van der Waals surface area contributed by atoms with Crippen LogP contribution >= 0.6 is 34.7 Å². The van der Waals surface area contributed by atoms with Gasteiger partial charge in [-0.2, -0.15) is 14.6 Å². The van der Waals surface area contributed by atoms with Gasteiger partial charge in [0.1, 0.15) is 24.0 Å². The number of rotatable bonds is 7. The standard InChI is InChI=1S/C20H14Cl2N4O4S2/c1-32(28,29)20-25-19(31-26-20)24-18(27)14(10-23)8-12-6-7-17(16(22)9-12)30-11-13-4-2-3-5-15(13)21/h2-9H,11H2,1H3,(H,24,25,26,27)/b14-8-. The third kappa shape index (κ3) is 6.05. The molecule has 32 heavy (non-hydrogen) atoms. The van der Waals surface area contributed by atoms with Gasteiger partial charge >= 0.3 is 0 Å². The van der Waals surface area contributed by atoms with Crippen LogP contribution in [0.25, 0.3) is 6.08 Å². The van der Waals surface area contributed by atoms with Crippen molar-refractivity contribution in [3.63, 3.8) is 0 Å². The van der Waals surface area contributed by atoms with Crippen molar-refractivity contribution in [3.05, 3.63) is 69.2 Å². The van der Waals surface area contributed by atoms with Crippen LogP contribution in [0.4, 0.5) is 5.13 Å². The summed E-state index contributed by atoms with van der Waals surface area (Å²) in [6.07, 6.45) is 2.28. The van der Waals surface area contributed by atoms with Gasteiger partial charge in [0.05, 0.1) is 5.02 Å². The number of amides is 1. The van der Waals surface area contributed by atoms with E-state index in [0.29, 0.717) is 27.9 Å². The molecule has 0 aliphatic rings. The summed E-state index contributed by atoms with van der Waals surface area (Å²) < 4.78 is 32.2. The van der Waals surface area contributed by atoms with Gasteiger partial charge < -0.3 is 4.74 Å². The zero-order valence-corrected chi connectivity index (χ0v) is 19.5. The van der Waals surface area contributed by atoms with E-state index in [4.69, 9.17) is 27.9 Å². The van der Waals surface area contributed by atoms with Crippen molar-refractivity contribution in [2.24, 2.45) is 0 Å². The van der Waals surface area contributed by atoms with Crippen LogP contribution in [0.5, 0.6) is 5.75 Å². The minimum atomic E-state index is -3.60. The van der Waals surface area contributed by atoms with Crippen LogP contribution in [0.1, 0.15) is 11.1 Å². The normalized spacial score (nSPS) is 11.6. The van der Waals surface area contributed by atoms with Crippen molar-refractivity contribution >= 4 is 61.7 Å². The van der Waals surface area contributed by atoms with E-state index >= 15 is 0 Å². The Kier molecular flexibility index (Phi) is 7.48. The Bertz CT molecular complexity index is 1350. The number of carbonyl (C=O) groups excluding carboxylic acids is 1. The summed E-state index contributed by atoms with van der Waals surface area (Å²) in [6.45, 7) is 0.220. The summed E-state index contributed by atoms with van der Waals surface area (Å²) >= 11 is 13.1. The minimum absolute atomic E-state index is 0.0436. The Morgan fingerprint density at radius 3 is 2.62 bits per heavy atom. The molecule has 0 radical (unpaired) electrons. The van der Waals surface area contributed by atoms with E-state index in [0.717, 1.165) is 11.8 Å². The first kappa shape index (κ1) is 23.7. The maximum atomic E-state index is 12.4. The molecule has 0 saturated carbocycles. The van der Waals surface area contributed by atoms with Crippen molar-refractivity contribution < 1.29 is 17.9 Å². The summed E-state index contributed by atoms with van der Waals surface area (Å²) in [5.74, 6) is -0.354. The molecule has 3 aromatic rings. The van der Waals surface area contributed by atoms with Crippen LogP contribution in [-0.4, -0.2) is 29.9 Å². The van der Waals surface area contributed by atoms with Crippen molar-refractivity contribution in [1.82, 2.24) is 9.36 Å². The number of nitriles is 1. The quantitative estimate of drug-likeness (QED) is 0.371. The molecule has 1 N–H and O–H groups in total. The van der Waals surface area contributed by atoms with Gasteiger partial charge in [0.25, 0.3) is 11.1 Å². The molecule has 0 spiro atoms. The first-order valence-corrected chi connectivity index (χ1v) is 12.2. The van der Waals surface area contributed by atoms with E-state index in [-0.39, 0.29) is 22.3 Å². The van der Waals surface area contributed by atoms with E-state index < -0.39 is 20.9 Å². The number of nitrogens with zero attached hydrogens (tertiary/aromatic N) is 3. The van der Waals surface area contributed by atoms with Crippen LogP contribution in [0, 0.1) is 11.3 Å². The fourth-order valence-corrected chi connectivity index (χ4v) is 4.26. The minimum Gasteiger partial charge on any atom is -0.487 e. The average Bonchev–Trinajstić information content (AvgIpc) is 3.21. The maximum absolute atomic E-state index is 12.4. The summed E-state index contributed by atoms with van der Waals surface area (Å²) in [6, 6.07) is 13.8. The van der Waals surface area contributed by atoms with E-state index in [1.54, 1.807) is 30.3 Å². The highest BCUT2D eigenvalue weighted by molar-refractivity contribution is 7.90. The molecule has 0 aliphatic carbocycles. The lowest BCUT2D eigenvalue weighted by Gasteiger charge is -2.10. The van der Waals surface area contributed by atoms with Crippen LogP contribution < -0.4 is 10.1 Å². The van der Waals surface area contributed by atoms with Crippen molar-refractivity contribution in [2.45, 2.75) is 11.8 Å². The molecule has 0 bridgehead atoms. The van der Waals surface area contributed by atoms with Crippen molar-refractivity contribution in [1.29, 1.82) is 5.26 Å². The molecule has 1 amide bonds. The molecule has 2 aromatic carbocycles. The Balaban J connectivity index is 1.72. The molecule has 0 saturated heterocycles. The number of halogens is 2. The maximum Gasteiger partial charge on any atom is 0.268 e. The number of ether oxygens (including phenoxy) is 1. The Morgan fingerprint density at radius 2 is 2.00 bits per heavy atom. The van der Waals surface area contributed by atoms with Crippen LogP contribution in [0.3, 0.4) is 0 Å². The lowest BCUT2D eigenvalue weighted by atomic mass is 10.1. The molecule has 8 nitrogen and oxygen atoms in total. The second kappa shape index (κ2) is 10.1. The van der Waals surface area contributed by atoms with Gasteiger partial charge in [-0.15, -0.1) is 0 Å².